The van der Waals surface area contributed by atoms with E-state index in [1.165, 1.54) is 30.3 Å². The first kappa shape index (κ1) is 23.5. The molecule has 0 heterocycles. The number of carbonyl (C=O) groups excluding carboxylic acids is 2. The monoisotopic (exact) mass is 457 g/mol. The number of hydrogen-bond donors (Lipinski definition) is 1. The normalized spacial score (nSPS) is 10.4. The predicted molar refractivity (Wildman–Crippen MR) is 116 cm³/mol. The first-order valence-corrected chi connectivity index (χ1v) is 9.93. The standard InChI is InChI=1S/C24H21F2NO6/c25-24(26)33-19-12-10-17(11-13-19)27-22(28)16-32-23(29)20-8-4-5-9-21(20)31-15-14-30-18-6-2-1-3-7-18/h1-13,24H,14-16H2,(H,27,28). The molecule has 9 heteroatoms. The lowest BCUT2D eigenvalue weighted by Crippen LogP contribution is -2.21. The number of rotatable bonds is 11. The van der Waals surface area contributed by atoms with Gasteiger partial charge in [-0.1, -0.05) is 30.3 Å². The van der Waals surface area contributed by atoms with Crippen LogP contribution in [0.3, 0.4) is 0 Å². The quantitative estimate of drug-likeness (QED) is 0.336. The number of benzene rings is 3. The summed E-state index contributed by atoms with van der Waals surface area (Å²) in [5, 5.41) is 2.49. The molecule has 0 radical (unpaired) electrons. The summed E-state index contributed by atoms with van der Waals surface area (Å²) in [6, 6.07) is 21.1. The smallest absolute Gasteiger partial charge is 0.387 e. The minimum absolute atomic E-state index is 0.0415. The van der Waals surface area contributed by atoms with E-state index in [1.54, 1.807) is 18.2 Å². The zero-order valence-electron chi connectivity index (χ0n) is 17.4. The molecule has 0 fully saturated rings. The largest absolute Gasteiger partial charge is 0.490 e. The van der Waals surface area contributed by atoms with Gasteiger partial charge >= 0.3 is 12.6 Å². The second kappa shape index (κ2) is 12.0. The molecule has 0 aliphatic heterocycles. The highest BCUT2D eigenvalue weighted by atomic mass is 19.3. The Bertz CT molecular complexity index is 1040. The molecule has 0 saturated carbocycles. The van der Waals surface area contributed by atoms with Crippen LogP contribution in [-0.4, -0.2) is 38.3 Å². The summed E-state index contributed by atoms with van der Waals surface area (Å²) in [6.45, 7) is -3.00. The molecule has 3 aromatic carbocycles. The zero-order chi connectivity index (χ0) is 23.5. The Hall–Kier alpha value is -4.14. The van der Waals surface area contributed by atoms with Crippen molar-refractivity contribution in [3.05, 3.63) is 84.4 Å². The van der Waals surface area contributed by atoms with Crippen LogP contribution in [0.1, 0.15) is 10.4 Å². The van der Waals surface area contributed by atoms with Crippen molar-refractivity contribution in [2.75, 3.05) is 25.1 Å². The Morgan fingerprint density at radius 3 is 2.18 bits per heavy atom. The molecule has 0 aromatic heterocycles. The molecular weight excluding hydrogens is 436 g/mol. The summed E-state index contributed by atoms with van der Waals surface area (Å²) in [7, 11) is 0. The summed E-state index contributed by atoms with van der Waals surface area (Å²) >= 11 is 0. The van der Waals surface area contributed by atoms with E-state index < -0.39 is 25.1 Å². The van der Waals surface area contributed by atoms with Crippen molar-refractivity contribution in [1.82, 2.24) is 0 Å². The van der Waals surface area contributed by atoms with Crippen molar-refractivity contribution in [2.45, 2.75) is 6.61 Å². The Morgan fingerprint density at radius 1 is 0.788 bits per heavy atom. The number of alkyl halides is 2. The van der Waals surface area contributed by atoms with Crippen LogP contribution in [0.15, 0.2) is 78.9 Å². The van der Waals surface area contributed by atoms with Gasteiger partial charge in [-0.05, 0) is 48.5 Å². The second-order valence-electron chi connectivity index (χ2n) is 6.53. The topological polar surface area (TPSA) is 83.1 Å². The van der Waals surface area contributed by atoms with Crippen molar-refractivity contribution in [3.63, 3.8) is 0 Å². The fraction of sp³-hybridized carbons (Fsp3) is 0.167. The number of carbonyl (C=O) groups is 2. The molecule has 0 unspecified atom stereocenters. The molecule has 1 N–H and O–H groups in total. The predicted octanol–water partition coefficient (Wildman–Crippen LogP) is 4.54. The lowest BCUT2D eigenvalue weighted by atomic mass is 10.2. The van der Waals surface area contributed by atoms with Crippen LogP contribution >= 0.6 is 0 Å². The highest BCUT2D eigenvalue weighted by Gasteiger charge is 2.15. The van der Waals surface area contributed by atoms with E-state index in [0.29, 0.717) is 17.2 Å². The first-order valence-electron chi connectivity index (χ1n) is 9.93. The van der Waals surface area contributed by atoms with Crippen molar-refractivity contribution >= 4 is 17.6 Å². The number of nitrogens with one attached hydrogen (secondary N) is 1. The first-order chi connectivity index (χ1) is 16.0. The van der Waals surface area contributed by atoms with E-state index in [1.807, 2.05) is 30.3 Å². The molecule has 0 aliphatic rings. The van der Waals surface area contributed by atoms with Gasteiger partial charge < -0.3 is 24.3 Å². The van der Waals surface area contributed by atoms with E-state index in [9.17, 15) is 18.4 Å². The van der Waals surface area contributed by atoms with Crippen molar-refractivity contribution in [3.8, 4) is 17.2 Å². The Kier molecular flexibility index (Phi) is 8.58. The molecule has 0 saturated heterocycles. The summed E-state index contributed by atoms with van der Waals surface area (Å²) in [5.74, 6) is -0.365. The van der Waals surface area contributed by atoms with Gasteiger partial charge in [-0.15, -0.1) is 0 Å². The Labute approximate surface area is 188 Å². The van der Waals surface area contributed by atoms with Crippen molar-refractivity contribution < 1.29 is 37.3 Å². The SMILES string of the molecule is O=C(COC(=O)c1ccccc1OCCOc1ccccc1)Nc1ccc(OC(F)F)cc1. The maximum atomic E-state index is 12.4. The highest BCUT2D eigenvalue weighted by Crippen LogP contribution is 2.20. The maximum absolute atomic E-state index is 12.4. The molecular formula is C24H21F2NO6. The number of esters is 1. The Morgan fingerprint density at radius 2 is 1.45 bits per heavy atom. The van der Waals surface area contributed by atoms with Gasteiger partial charge in [-0.3, -0.25) is 4.79 Å². The van der Waals surface area contributed by atoms with E-state index in [2.05, 4.69) is 10.1 Å². The molecule has 0 aliphatic carbocycles. The van der Waals surface area contributed by atoms with Crippen LogP contribution in [0.5, 0.6) is 17.2 Å². The minimum Gasteiger partial charge on any atom is -0.490 e. The molecule has 7 nitrogen and oxygen atoms in total. The highest BCUT2D eigenvalue weighted by molar-refractivity contribution is 5.96. The molecule has 0 atom stereocenters. The summed E-state index contributed by atoms with van der Waals surface area (Å²) in [5.41, 5.74) is 0.498. The van der Waals surface area contributed by atoms with E-state index in [4.69, 9.17) is 14.2 Å². The van der Waals surface area contributed by atoms with Gasteiger partial charge in [-0.2, -0.15) is 8.78 Å². The van der Waals surface area contributed by atoms with Gasteiger partial charge in [0.25, 0.3) is 5.91 Å². The van der Waals surface area contributed by atoms with E-state index in [0.717, 1.165) is 0 Å². The van der Waals surface area contributed by atoms with Crippen LogP contribution in [0.4, 0.5) is 14.5 Å². The third-order valence-corrected chi connectivity index (χ3v) is 4.16. The van der Waals surface area contributed by atoms with Gasteiger partial charge in [0.15, 0.2) is 6.61 Å². The number of para-hydroxylation sites is 2. The second-order valence-corrected chi connectivity index (χ2v) is 6.53. The lowest BCUT2D eigenvalue weighted by Gasteiger charge is -2.12. The number of halogens is 2. The Balaban J connectivity index is 1.46. The number of anilines is 1. The average molecular weight is 457 g/mol. The van der Waals surface area contributed by atoms with Crippen molar-refractivity contribution in [2.24, 2.45) is 0 Å². The third-order valence-electron chi connectivity index (χ3n) is 4.16. The maximum Gasteiger partial charge on any atom is 0.387 e. The van der Waals surface area contributed by atoms with Crippen LogP contribution in [0.25, 0.3) is 0 Å². The lowest BCUT2D eigenvalue weighted by molar-refractivity contribution is -0.119. The van der Waals surface area contributed by atoms with Gasteiger partial charge in [0.05, 0.1) is 0 Å². The molecule has 0 spiro atoms. The van der Waals surface area contributed by atoms with E-state index in [-0.39, 0.29) is 24.5 Å². The molecule has 3 aromatic rings. The van der Waals surface area contributed by atoms with Crippen LogP contribution in [0, 0.1) is 0 Å². The fourth-order valence-electron chi connectivity index (χ4n) is 2.71. The van der Waals surface area contributed by atoms with E-state index >= 15 is 0 Å². The number of hydrogen-bond acceptors (Lipinski definition) is 6. The minimum atomic E-state index is -2.94. The van der Waals surface area contributed by atoms with Crippen LogP contribution < -0.4 is 19.5 Å². The number of amides is 1. The van der Waals surface area contributed by atoms with Gasteiger partial charge in [0, 0.05) is 5.69 Å². The molecule has 172 valence electrons. The summed E-state index contributed by atoms with van der Waals surface area (Å²) < 4.78 is 44.8. The van der Waals surface area contributed by atoms with Crippen molar-refractivity contribution in [1.29, 1.82) is 0 Å². The third kappa shape index (κ3) is 7.80. The van der Waals surface area contributed by atoms with Gasteiger partial charge in [-0.25, -0.2) is 4.79 Å². The van der Waals surface area contributed by atoms with Gasteiger partial charge in [0.1, 0.15) is 36.0 Å². The fourth-order valence-corrected chi connectivity index (χ4v) is 2.71. The number of ether oxygens (including phenoxy) is 4. The zero-order valence-corrected chi connectivity index (χ0v) is 17.4. The van der Waals surface area contributed by atoms with Crippen LogP contribution in [-0.2, 0) is 9.53 Å². The molecule has 1 amide bonds. The molecule has 33 heavy (non-hydrogen) atoms. The molecule has 0 bridgehead atoms. The summed E-state index contributed by atoms with van der Waals surface area (Å²) in [6.07, 6.45) is 0. The van der Waals surface area contributed by atoms with Gasteiger partial charge in [0.2, 0.25) is 0 Å². The average Bonchev–Trinajstić information content (AvgIpc) is 2.82. The summed E-state index contributed by atoms with van der Waals surface area (Å²) in [4.78, 5) is 24.5. The van der Waals surface area contributed by atoms with Crippen LogP contribution in [0.2, 0.25) is 0 Å². The molecule has 3 rings (SSSR count).